The second-order valence-corrected chi connectivity index (χ2v) is 6.15. The highest BCUT2D eigenvalue weighted by molar-refractivity contribution is 5.77. The summed E-state index contributed by atoms with van der Waals surface area (Å²) in [5.41, 5.74) is 0.403. The molecule has 1 aliphatic carbocycles. The van der Waals surface area contributed by atoms with Crippen LogP contribution in [-0.2, 0) is 4.79 Å². The molecule has 0 heterocycles. The second kappa shape index (κ2) is 5.74. The Hall–Kier alpha value is -1.35. The summed E-state index contributed by atoms with van der Waals surface area (Å²) in [6, 6.07) is 10.3. The summed E-state index contributed by atoms with van der Waals surface area (Å²) in [6.07, 6.45) is 2.96. The standard InChI is InChI=1S/C16H23NO2/c1-16(2,19)11-17-15(18)10-14(13-8-9-13)12-6-4-3-5-7-12/h3-7,13-14,19H,8-11H2,1-2H3,(H,17,18). The van der Waals surface area contributed by atoms with E-state index in [1.165, 1.54) is 18.4 Å². The van der Waals surface area contributed by atoms with Crippen LogP contribution in [0.25, 0.3) is 0 Å². The molecule has 1 aliphatic rings. The Morgan fingerprint density at radius 1 is 1.37 bits per heavy atom. The van der Waals surface area contributed by atoms with E-state index in [1.807, 2.05) is 18.2 Å². The van der Waals surface area contributed by atoms with Crippen molar-refractivity contribution in [1.29, 1.82) is 0 Å². The third kappa shape index (κ3) is 4.67. The molecule has 0 aromatic heterocycles. The number of carbonyl (C=O) groups excluding carboxylic acids is 1. The molecular formula is C16H23NO2. The number of hydrogen-bond donors (Lipinski definition) is 2. The predicted octanol–water partition coefficient (Wildman–Crippen LogP) is 2.46. The molecule has 2 rings (SSSR count). The number of rotatable bonds is 6. The molecule has 0 radical (unpaired) electrons. The summed E-state index contributed by atoms with van der Waals surface area (Å²) in [6.45, 7) is 3.70. The van der Waals surface area contributed by atoms with Gasteiger partial charge in [-0.25, -0.2) is 0 Å². The Bertz CT molecular complexity index is 418. The zero-order chi connectivity index (χ0) is 13.9. The first-order chi connectivity index (χ1) is 8.96. The lowest BCUT2D eigenvalue weighted by molar-refractivity contribution is -0.122. The highest BCUT2D eigenvalue weighted by atomic mass is 16.3. The van der Waals surface area contributed by atoms with Crippen molar-refractivity contribution in [2.75, 3.05) is 6.54 Å². The molecule has 0 spiro atoms. The van der Waals surface area contributed by atoms with Crippen molar-refractivity contribution >= 4 is 5.91 Å². The fourth-order valence-corrected chi connectivity index (χ4v) is 2.34. The van der Waals surface area contributed by atoms with E-state index in [4.69, 9.17) is 0 Å². The Morgan fingerprint density at radius 2 is 2.00 bits per heavy atom. The van der Waals surface area contributed by atoms with Crippen LogP contribution in [0.4, 0.5) is 0 Å². The maximum atomic E-state index is 12.0. The zero-order valence-electron chi connectivity index (χ0n) is 11.7. The number of aliphatic hydroxyl groups is 1. The van der Waals surface area contributed by atoms with Gasteiger partial charge in [0.1, 0.15) is 0 Å². The molecule has 104 valence electrons. The molecule has 3 nitrogen and oxygen atoms in total. The molecule has 0 aliphatic heterocycles. The van der Waals surface area contributed by atoms with Crippen LogP contribution < -0.4 is 5.32 Å². The zero-order valence-corrected chi connectivity index (χ0v) is 11.7. The summed E-state index contributed by atoms with van der Waals surface area (Å²) in [7, 11) is 0. The van der Waals surface area contributed by atoms with E-state index >= 15 is 0 Å². The summed E-state index contributed by atoms with van der Waals surface area (Å²) in [5, 5.41) is 12.4. The normalized spacial score (nSPS) is 17.0. The molecular weight excluding hydrogens is 238 g/mol. The first-order valence-electron chi connectivity index (χ1n) is 7.00. The number of nitrogens with one attached hydrogen (secondary N) is 1. The molecule has 1 saturated carbocycles. The Morgan fingerprint density at radius 3 is 2.53 bits per heavy atom. The lowest BCUT2D eigenvalue weighted by Crippen LogP contribution is -2.38. The highest BCUT2D eigenvalue weighted by Crippen LogP contribution is 2.44. The molecule has 1 atom stereocenters. The highest BCUT2D eigenvalue weighted by Gasteiger charge is 2.33. The van der Waals surface area contributed by atoms with Crippen molar-refractivity contribution in [1.82, 2.24) is 5.32 Å². The minimum Gasteiger partial charge on any atom is -0.389 e. The van der Waals surface area contributed by atoms with Crippen molar-refractivity contribution in [3.8, 4) is 0 Å². The SMILES string of the molecule is CC(C)(O)CNC(=O)CC(c1ccccc1)C1CC1. The summed E-state index contributed by atoms with van der Waals surface area (Å²) < 4.78 is 0. The van der Waals surface area contributed by atoms with Crippen molar-refractivity contribution < 1.29 is 9.90 Å². The van der Waals surface area contributed by atoms with Crippen LogP contribution in [0, 0.1) is 5.92 Å². The van der Waals surface area contributed by atoms with Crippen LogP contribution in [0.2, 0.25) is 0 Å². The molecule has 0 saturated heterocycles. The van der Waals surface area contributed by atoms with Crippen LogP contribution >= 0.6 is 0 Å². The maximum Gasteiger partial charge on any atom is 0.220 e. The first kappa shape index (κ1) is 14.1. The summed E-state index contributed by atoms with van der Waals surface area (Å²) >= 11 is 0. The van der Waals surface area contributed by atoms with Gasteiger partial charge in [0.15, 0.2) is 0 Å². The van der Waals surface area contributed by atoms with Crippen molar-refractivity contribution in [3.05, 3.63) is 35.9 Å². The van der Waals surface area contributed by atoms with Crippen molar-refractivity contribution in [2.24, 2.45) is 5.92 Å². The molecule has 1 unspecified atom stereocenters. The van der Waals surface area contributed by atoms with Gasteiger partial charge in [-0.1, -0.05) is 30.3 Å². The van der Waals surface area contributed by atoms with Gasteiger partial charge in [-0.3, -0.25) is 4.79 Å². The van der Waals surface area contributed by atoms with Crippen LogP contribution in [0.3, 0.4) is 0 Å². The topological polar surface area (TPSA) is 49.3 Å². The lowest BCUT2D eigenvalue weighted by Gasteiger charge is -2.20. The molecule has 0 bridgehead atoms. The van der Waals surface area contributed by atoms with E-state index in [9.17, 15) is 9.90 Å². The third-order valence-corrected chi connectivity index (χ3v) is 3.54. The fraction of sp³-hybridized carbons (Fsp3) is 0.562. The second-order valence-electron chi connectivity index (χ2n) is 6.15. The smallest absolute Gasteiger partial charge is 0.220 e. The van der Waals surface area contributed by atoms with Crippen molar-refractivity contribution in [2.45, 2.75) is 44.6 Å². The maximum absolute atomic E-state index is 12.0. The average Bonchev–Trinajstić information content (AvgIpc) is 3.18. The van der Waals surface area contributed by atoms with Gasteiger partial charge >= 0.3 is 0 Å². The fourth-order valence-electron chi connectivity index (χ4n) is 2.34. The van der Waals surface area contributed by atoms with Crippen molar-refractivity contribution in [3.63, 3.8) is 0 Å². The third-order valence-electron chi connectivity index (χ3n) is 3.54. The largest absolute Gasteiger partial charge is 0.389 e. The van der Waals surface area contributed by atoms with Gasteiger partial charge in [0.2, 0.25) is 5.91 Å². The van der Waals surface area contributed by atoms with E-state index in [2.05, 4.69) is 17.4 Å². The van der Waals surface area contributed by atoms with Gasteiger partial charge < -0.3 is 10.4 Å². The number of amides is 1. The van der Waals surface area contributed by atoms with Gasteiger partial charge in [0, 0.05) is 13.0 Å². The van der Waals surface area contributed by atoms with E-state index in [-0.39, 0.29) is 5.91 Å². The van der Waals surface area contributed by atoms with Gasteiger partial charge in [0.25, 0.3) is 0 Å². The van der Waals surface area contributed by atoms with E-state index < -0.39 is 5.60 Å². The molecule has 2 N–H and O–H groups in total. The minimum absolute atomic E-state index is 0.0304. The Balaban J connectivity index is 1.93. The average molecular weight is 261 g/mol. The Kier molecular flexibility index (Phi) is 4.25. The molecule has 1 fully saturated rings. The van der Waals surface area contributed by atoms with Crippen LogP contribution in [-0.4, -0.2) is 23.2 Å². The number of benzene rings is 1. The van der Waals surface area contributed by atoms with Gasteiger partial charge in [-0.15, -0.1) is 0 Å². The quantitative estimate of drug-likeness (QED) is 0.826. The number of carbonyl (C=O) groups is 1. The molecule has 1 aromatic rings. The van der Waals surface area contributed by atoms with Crippen LogP contribution in [0.1, 0.15) is 44.6 Å². The van der Waals surface area contributed by atoms with Gasteiger partial charge in [0.05, 0.1) is 5.60 Å². The van der Waals surface area contributed by atoms with Crippen LogP contribution in [0.5, 0.6) is 0 Å². The molecule has 3 heteroatoms. The van der Waals surface area contributed by atoms with E-state index in [0.717, 1.165) is 0 Å². The summed E-state index contributed by atoms with van der Waals surface area (Å²) in [4.78, 5) is 12.0. The van der Waals surface area contributed by atoms with Crippen LogP contribution in [0.15, 0.2) is 30.3 Å². The molecule has 1 amide bonds. The molecule has 1 aromatic carbocycles. The summed E-state index contributed by atoms with van der Waals surface area (Å²) in [5.74, 6) is 1.00. The monoisotopic (exact) mass is 261 g/mol. The predicted molar refractivity (Wildman–Crippen MR) is 75.8 cm³/mol. The Labute approximate surface area is 115 Å². The lowest BCUT2D eigenvalue weighted by atomic mass is 9.90. The van der Waals surface area contributed by atoms with Gasteiger partial charge in [-0.2, -0.15) is 0 Å². The van der Waals surface area contributed by atoms with E-state index in [0.29, 0.717) is 24.8 Å². The molecule has 19 heavy (non-hydrogen) atoms. The minimum atomic E-state index is -0.850. The van der Waals surface area contributed by atoms with Gasteiger partial charge in [-0.05, 0) is 44.1 Å². The first-order valence-corrected chi connectivity index (χ1v) is 7.00. The number of hydrogen-bond acceptors (Lipinski definition) is 2. The van der Waals surface area contributed by atoms with E-state index in [1.54, 1.807) is 13.8 Å².